The summed E-state index contributed by atoms with van der Waals surface area (Å²) < 4.78 is 16.3. The van der Waals surface area contributed by atoms with Crippen molar-refractivity contribution in [3.05, 3.63) is 53.9 Å². The lowest BCUT2D eigenvalue weighted by atomic mass is 10.1. The number of hydrogen-bond donors (Lipinski definition) is 0. The molecule has 21 heavy (non-hydrogen) atoms. The van der Waals surface area contributed by atoms with Crippen LogP contribution in [0.3, 0.4) is 0 Å². The molecule has 1 atom stereocenters. The predicted octanol–water partition coefficient (Wildman–Crippen LogP) is 3.02. The van der Waals surface area contributed by atoms with Gasteiger partial charge in [0.15, 0.2) is 5.82 Å². The van der Waals surface area contributed by atoms with Crippen LogP contribution in [-0.4, -0.2) is 23.4 Å². The molecule has 0 bridgehead atoms. The largest absolute Gasteiger partial charge is 0.464 e. The molecule has 2 aliphatic rings. The van der Waals surface area contributed by atoms with E-state index in [0.717, 1.165) is 35.7 Å². The van der Waals surface area contributed by atoms with E-state index in [2.05, 4.69) is 10.1 Å². The minimum atomic E-state index is 0.237. The quantitative estimate of drug-likeness (QED) is 0.847. The number of benzene rings is 1. The first kappa shape index (κ1) is 12.3. The van der Waals surface area contributed by atoms with Crippen molar-refractivity contribution in [2.45, 2.75) is 12.3 Å². The topological polar surface area (TPSA) is 57.4 Å². The molecule has 2 aromatic rings. The maximum absolute atomic E-state index is 5.56. The Bertz CT molecular complexity index is 712. The first-order valence-electron chi connectivity index (χ1n) is 6.96. The van der Waals surface area contributed by atoms with Gasteiger partial charge in [0.05, 0.1) is 12.9 Å². The highest BCUT2D eigenvalue weighted by Crippen LogP contribution is 2.29. The fraction of sp³-hybridized carbons (Fsp3) is 0.250. The molecule has 1 aromatic heterocycles. The molecule has 2 aliphatic heterocycles. The SMILES string of the molecule is C1=CC(c2nc([C@H]3CCOC3)no2)=Cc2ccccc2O1. The van der Waals surface area contributed by atoms with E-state index in [1.165, 1.54) is 0 Å². The van der Waals surface area contributed by atoms with Crippen LogP contribution in [0.4, 0.5) is 0 Å². The zero-order chi connectivity index (χ0) is 14.1. The normalized spacial score (nSPS) is 20.6. The van der Waals surface area contributed by atoms with Gasteiger partial charge in [-0.25, -0.2) is 0 Å². The zero-order valence-electron chi connectivity index (χ0n) is 11.4. The number of aromatic nitrogens is 2. The fourth-order valence-electron chi connectivity index (χ4n) is 2.49. The van der Waals surface area contributed by atoms with Crippen LogP contribution in [-0.2, 0) is 4.74 Å². The van der Waals surface area contributed by atoms with Crippen molar-refractivity contribution in [2.75, 3.05) is 13.2 Å². The van der Waals surface area contributed by atoms with E-state index >= 15 is 0 Å². The van der Waals surface area contributed by atoms with Gasteiger partial charge in [-0.05, 0) is 24.6 Å². The van der Waals surface area contributed by atoms with Gasteiger partial charge in [0.25, 0.3) is 5.89 Å². The second-order valence-corrected chi connectivity index (χ2v) is 5.08. The summed E-state index contributed by atoms with van der Waals surface area (Å²) in [6.07, 6.45) is 6.41. The number of rotatable bonds is 2. The lowest BCUT2D eigenvalue weighted by molar-refractivity contribution is 0.192. The Morgan fingerprint density at radius 1 is 1.19 bits per heavy atom. The van der Waals surface area contributed by atoms with Crippen LogP contribution in [0.5, 0.6) is 5.75 Å². The zero-order valence-corrected chi connectivity index (χ0v) is 11.4. The first-order valence-corrected chi connectivity index (χ1v) is 6.96. The number of nitrogens with zero attached hydrogens (tertiary/aromatic N) is 2. The number of allylic oxidation sites excluding steroid dienone is 2. The van der Waals surface area contributed by atoms with Crippen molar-refractivity contribution in [2.24, 2.45) is 0 Å². The van der Waals surface area contributed by atoms with Gasteiger partial charge < -0.3 is 14.0 Å². The Labute approximate surface area is 121 Å². The molecule has 0 N–H and O–H groups in total. The summed E-state index contributed by atoms with van der Waals surface area (Å²) in [7, 11) is 0. The van der Waals surface area contributed by atoms with Gasteiger partial charge >= 0.3 is 0 Å². The summed E-state index contributed by atoms with van der Waals surface area (Å²) in [4.78, 5) is 4.50. The number of fused-ring (bicyclic) bond motifs is 1. The third kappa shape index (κ3) is 2.36. The number of para-hydroxylation sites is 1. The van der Waals surface area contributed by atoms with Gasteiger partial charge in [0.1, 0.15) is 5.75 Å². The van der Waals surface area contributed by atoms with Gasteiger partial charge in [-0.1, -0.05) is 23.4 Å². The van der Waals surface area contributed by atoms with Crippen LogP contribution in [0.15, 0.2) is 41.1 Å². The Morgan fingerprint density at radius 2 is 2.14 bits per heavy atom. The maximum atomic E-state index is 5.56. The molecule has 0 radical (unpaired) electrons. The summed E-state index contributed by atoms with van der Waals surface area (Å²) >= 11 is 0. The molecule has 0 spiro atoms. The summed E-state index contributed by atoms with van der Waals surface area (Å²) in [5.41, 5.74) is 1.83. The molecule has 106 valence electrons. The van der Waals surface area contributed by atoms with E-state index in [-0.39, 0.29) is 5.92 Å². The molecular formula is C16H14N2O3. The molecular weight excluding hydrogens is 268 g/mol. The molecule has 0 unspecified atom stereocenters. The van der Waals surface area contributed by atoms with Crippen LogP contribution in [0.1, 0.15) is 29.6 Å². The van der Waals surface area contributed by atoms with Crippen LogP contribution >= 0.6 is 0 Å². The van der Waals surface area contributed by atoms with E-state index in [1.807, 2.05) is 36.4 Å². The van der Waals surface area contributed by atoms with Gasteiger partial charge in [0.2, 0.25) is 0 Å². The predicted molar refractivity (Wildman–Crippen MR) is 76.6 cm³/mol. The Kier molecular flexibility index (Phi) is 3.05. The van der Waals surface area contributed by atoms with Crippen molar-refractivity contribution in [1.29, 1.82) is 0 Å². The second kappa shape index (κ2) is 5.18. The summed E-state index contributed by atoms with van der Waals surface area (Å²) in [5.74, 6) is 2.28. The van der Waals surface area contributed by atoms with Crippen LogP contribution < -0.4 is 4.74 Å². The molecule has 1 saturated heterocycles. The van der Waals surface area contributed by atoms with E-state index in [9.17, 15) is 0 Å². The molecule has 3 heterocycles. The summed E-state index contributed by atoms with van der Waals surface area (Å²) in [6.45, 7) is 1.43. The van der Waals surface area contributed by atoms with Crippen LogP contribution in [0.2, 0.25) is 0 Å². The Balaban J connectivity index is 1.68. The molecule has 0 aliphatic carbocycles. The molecule has 1 fully saturated rings. The van der Waals surface area contributed by atoms with Crippen LogP contribution in [0, 0.1) is 0 Å². The minimum Gasteiger partial charge on any atom is -0.464 e. The highest BCUT2D eigenvalue weighted by atomic mass is 16.5. The summed E-state index contributed by atoms with van der Waals surface area (Å²) in [5, 5.41) is 4.08. The van der Waals surface area contributed by atoms with Crippen molar-refractivity contribution < 1.29 is 14.0 Å². The lowest BCUT2D eigenvalue weighted by Gasteiger charge is -2.01. The van der Waals surface area contributed by atoms with E-state index in [4.69, 9.17) is 14.0 Å². The van der Waals surface area contributed by atoms with Gasteiger partial charge in [-0.15, -0.1) is 0 Å². The van der Waals surface area contributed by atoms with E-state index < -0.39 is 0 Å². The molecule has 0 saturated carbocycles. The van der Waals surface area contributed by atoms with Gasteiger partial charge in [0, 0.05) is 23.7 Å². The van der Waals surface area contributed by atoms with E-state index in [1.54, 1.807) is 6.26 Å². The maximum Gasteiger partial charge on any atom is 0.258 e. The summed E-state index contributed by atoms with van der Waals surface area (Å²) in [6, 6.07) is 7.83. The van der Waals surface area contributed by atoms with Crippen LogP contribution in [0.25, 0.3) is 11.6 Å². The smallest absolute Gasteiger partial charge is 0.258 e. The molecule has 1 aromatic carbocycles. The Hall–Kier alpha value is -2.40. The highest BCUT2D eigenvalue weighted by Gasteiger charge is 2.24. The third-order valence-electron chi connectivity index (χ3n) is 3.66. The second-order valence-electron chi connectivity index (χ2n) is 5.08. The molecule has 4 rings (SSSR count). The number of hydrogen-bond acceptors (Lipinski definition) is 5. The molecule has 0 amide bonds. The average Bonchev–Trinajstić information content (AvgIpc) is 3.14. The van der Waals surface area contributed by atoms with Crippen molar-refractivity contribution >= 4 is 11.6 Å². The first-order chi connectivity index (χ1) is 10.4. The van der Waals surface area contributed by atoms with Gasteiger partial charge in [-0.3, -0.25) is 0 Å². The third-order valence-corrected chi connectivity index (χ3v) is 3.66. The van der Waals surface area contributed by atoms with Crippen molar-refractivity contribution in [1.82, 2.24) is 10.1 Å². The monoisotopic (exact) mass is 282 g/mol. The number of ether oxygens (including phenoxy) is 2. The van der Waals surface area contributed by atoms with Gasteiger partial charge in [-0.2, -0.15) is 4.98 Å². The average molecular weight is 282 g/mol. The van der Waals surface area contributed by atoms with Crippen molar-refractivity contribution in [3.8, 4) is 5.75 Å². The fourth-order valence-corrected chi connectivity index (χ4v) is 2.49. The minimum absolute atomic E-state index is 0.237. The molecule has 5 nitrogen and oxygen atoms in total. The molecule has 5 heteroatoms. The lowest BCUT2D eigenvalue weighted by Crippen LogP contribution is -1.99. The standard InChI is InChI=1S/C16H14N2O3/c1-2-4-14-11(3-1)9-12(6-8-20-14)16-17-15(18-21-16)13-5-7-19-10-13/h1-4,6,8-9,13H,5,7,10H2/t13-/m0/s1. The van der Waals surface area contributed by atoms with E-state index in [0.29, 0.717) is 12.5 Å². The Morgan fingerprint density at radius 3 is 3.05 bits per heavy atom. The highest BCUT2D eigenvalue weighted by molar-refractivity contribution is 5.86. The van der Waals surface area contributed by atoms with Crippen molar-refractivity contribution in [3.63, 3.8) is 0 Å².